The Morgan fingerprint density at radius 1 is 1.19 bits per heavy atom. The first-order chi connectivity index (χ1) is 12.5. The fourth-order valence-electron chi connectivity index (χ4n) is 2.20. The second-order valence-electron chi connectivity index (χ2n) is 6.30. The monoisotopic (exact) mass is 434 g/mol. The number of amides is 1. The number of benzene rings is 2. The molecule has 0 aliphatic carbocycles. The standard InChI is InChI=1S/C20H23BrN2O2S/c1-14(2)13-25-18-9-8-16(12-17(18)21)19(24)23-20(26)22-11-10-15-6-4-3-5-7-15/h3-9,12,14H,10-11,13H2,1-2H3,(H2,22,23,24,26). The first-order valence-electron chi connectivity index (χ1n) is 8.51. The highest BCUT2D eigenvalue weighted by molar-refractivity contribution is 9.10. The number of rotatable bonds is 7. The van der Waals surface area contributed by atoms with E-state index in [2.05, 4.69) is 52.5 Å². The Bertz CT molecular complexity index is 751. The zero-order chi connectivity index (χ0) is 18.9. The summed E-state index contributed by atoms with van der Waals surface area (Å²) in [5.41, 5.74) is 1.73. The van der Waals surface area contributed by atoms with E-state index in [0.29, 0.717) is 29.7 Å². The van der Waals surface area contributed by atoms with Crippen LogP contribution in [-0.4, -0.2) is 24.2 Å². The number of thiocarbonyl (C=S) groups is 1. The van der Waals surface area contributed by atoms with Crippen LogP contribution in [-0.2, 0) is 6.42 Å². The van der Waals surface area contributed by atoms with Gasteiger partial charge in [-0.15, -0.1) is 0 Å². The van der Waals surface area contributed by atoms with E-state index in [4.69, 9.17) is 17.0 Å². The van der Waals surface area contributed by atoms with Crippen LogP contribution in [0.1, 0.15) is 29.8 Å². The molecule has 0 spiro atoms. The Hall–Kier alpha value is -1.92. The zero-order valence-electron chi connectivity index (χ0n) is 14.9. The van der Waals surface area contributed by atoms with Gasteiger partial charge in [-0.2, -0.15) is 0 Å². The molecule has 0 saturated carbocycles. The van der Waals surface area contributed by atoms with Crippen LogP contribution in [0.3, 0.4) is 0 Å². The number of hydrogen-bond donors (Lipinski definition) is 2. The summed E-state index contributed by atoms with van der Waals surface area (Å²) in [7, 11) is 0. The summed E-state index contributed by atoms with van der Waals surface area (Å²) in [6.45, 7) is 5.46. The molecular formula is C20H23BrN2O2S. The SMILES string of the molecule is CC(C)COc1ccc(C(=O)NC(=S)NCCc2ccccc2)cc1Br. The highest BCUT2D eigenvalue weighted by Gasteiger charge is 2.11. The maximum Gasteiger partial charge on any atom is 0.257 e. The Labute approximate surface area is 168 Å². The number of carbonyl (C=O) groups is 1. The summed E-state index contributed by atoms with van der Waals surface area (Å²) in [5.74, 6) is 0.904. The smallest absolute Gasteiger partial charge is 0.257 e. The van der Waals surface area contributed by atoms with Gasteiger partial charge in [0.2, 0.25) is 0 Å². The lowest BCUT2D eigenvalue weighted by Crippen LogP contribution is -2.40. The quantitative estimate of drug-likeness (QED) is 0.636. The fraction of sp³-hybridized carbons (Fsp3) is 0.300. The molecular weight excluding hydrogens is 412 g/mol. The molecule has 6 heteroatoms. The predicted molar refractivity (Wildman–Crippen MR) is 113 cm³/mol. The minimum absolute atomic E-state index is 0.252. The van der Waals surface area contributed by atoms with Gasteiger partial charge in [-0.05, 0) is 64.2 Å². The third-order valence-corrected chi connectivity index (χ3v) is 4.40. The van der Waals surface area contributed by atoms with Crippen molar-refractivity contribution in [3.63, 3.8) is 0 Å². The van der Waals surface area contributed by atoms with Gasteiger partial charge in [0, 0.05) is 12.1 Å². The number of halogens is 1. The second-order valence-corrected chi connectivity index (χ2v) is 7.56. The molecule has 138 valence electrons. The molecule has 2 aromatic rings. The molecule has 0 atom stereocenters. The van der Waals surface area contributed by atoms with E-state index >= 15 is 0 Å². The van der Waals surface area contributed by atoms with Crippen molar-refractivity contribution in [2.75, 3.05) is 13.2 Å². The summed E-state index contributed by atoms with van der Waals surface area (Å²) < 4.78 is 6.44. The van der Waals surface area contributed by atoms with Crippen LogP contribution in [0, 0.1) is 5.92 Å². The normalized spacial score (nSPS) is 10.5. The highest BCUT2D eigenvalue weighted by Crippen LogP contribution is 2.26. The van der Waals surface area contributed by atoms with Gasteiger partial charge >= 0.3 is 0 Å². The Morgan fingerprint density at radius 3 is 2.58 bits per heavy atom. The molecule has 2 aromatic carbocycles. The van der Waals surface area contributed by atoms with Crippen LogP contribution in [0.15, 0.2) is 53.0 Å². The van der Waals surface area contributed by atoms with Crippen molar-refractivity contribution in [1.82, 2.24) is 10.6 Å². The Balaban J connectivity index is 1.82. The number of nitrogens with one attached hydrogen (secondary N) is 2. The molecule has 0 heterocycles. The summed E-state index contributed by atoms with van der Waals surface area (Å²) in [6, 6.07) is 15.4. The molecule has 0 aromatic heterocycles. The van der Waals surface area contributed by atoms with Gasteiger partial charge < -0.3 is 10.1 Å². The van der Waals surface area contributed by atoms with E-state index in [-0.39, 0.29) is 5.91 Å². The zero-order valence-corrected chi connectivity index (χ0v) is 17.3. The fourth-order valence-corrected chi connectivity index (χ4v) is 2.89. The van der Waals surface area contributed by atoms with E-state index in [1.54, 1.807) is 18.2 Å². The maximum atomic E-state index is 12.3. The molecule has 0 aliphatic heterocycles. The van der Waals surface area contributed by atoms with Crippen molar-refractivity contribution in [3.05, 3.63) is 64.1 Å². The van der Waals surface area contributed by atoms with Gasteiger partial charge in [-0.3, -0.25) is 10.1 Å². The molecule has 0 fully saturated rings. The van der Waals surface area contributed by atoms with Crippen molar-refractivity contribution >= 4 is 39.2 Å². The van der Waals surface area contributed by atoms with Crippen molar-refractivity contribution in [2.24, 2.45) is 5.92 Å². The molecule has 2 N–H and O–H groups in total. The molecule has 0 aliphatic rings. The molecule has 0 bridgehead atoms. The maximum absolute atomic E-state index is 12.3. The lowest BCUT2D eigenvalue weighted by molar-refractivity contribution is 0.0976. The predicted octanol–water partition coefficient (Wildman–Crippen LogP) is 4.33. The van der Waals surface area contributed by atoms with Crippen molar-refractivity contribution in [1.29, 1.82) is 0 Å². The summed E-state index contributed by atoms with van der Waals surface area (Å²) in [4.78, 5) is 12.3. The first kappa shape index (κ1) is 20.4. The van der Waals surface area contributed by atoms with Crippen molar-refractivity contribution in [3.8, 4) is 5.75 Å². The van der Waals surface area contributed by atoms with Gasteiger partial charge in [0.25, 0.3) is 5.91 Å². The number of carbonyl (C=O) groups excluding carboxylic acids is 1. The molecule has 1 amide bonds. The molecule has 0 unspecified atom stereocenters. The van der Waals surface area contributed by atoms with Crippen molar-refractivity contribution < 1.29 is 9.53 Å². The Kier molecular flexibility index (Phi) is 8.06. The first-order valence-corrected chi connectivity index (χ1v) is 9.71. The summed E-state index contributed by atoms with van der Waals surface area (Å²) in [6.07, 6.45) is 0.838. The highest BCUT2D eigenvalue weighted by atomic mass is 79.9. The van der Waals surface area contributed by atoms with Gasteiger partial charge in [-0.1, -0.05) is 44.2 Å². The Morgan fingerprint density at radius 2 is 1.92 bits per heavy atom. The minimum Gasteiger partial charge on any atom is -0.492 e. The van der Waals surface area contributed by atoms with E-state index in [1.807, 2.05) is 18.2 Å². The molecule has 2 rings (SSSR count). The molecule has 0 radical (unpaired) electrons. The van der Waals surface area contributed by atoms with Crippen LogP contribution in [0.5, 0.6) is 5.75 Å². The van der Waals surface area contributed by atoms with E-state index in [1.165, 1.54) is 5.56 Å². The topological polar surface area (TPSA) is 50.4 Å². The lowest BCUT2D eigenvalue weighted by Gasteiger charge is -2.12. The van der Waals surface area contributed by atoms with Gasteiger partial charge in [0.15, 0.2) is 5.11 Å². The van der Waals surface area contributed by atoms with Crippen LogP contribution in [0.2, 0.25) is 0 Å². The van der Waals surface area contributed by atoms with Crippen LogP contribution < -0.4 is 15.4 Å². The van der Waals surface area contributed by atoms with Gasteiger partial charge in [-0.25, -0.2) is 0 Å². The van der Waals surface area contributed by atoms with Gasteiger partial charge in [0.1, 0.15) is 5.75 Å². The number of ether oxygens (including phenoxy) is 1. The molecule has 0 saturated heterocycles. The third-order valence-electron chi connectivity index (χ3n) is 3.54. The van der Waals surface area contributed by atoms with Crippen LogP contribution in [0.4, 0.5) is 0 Å². The number of hydrogen-bond acceptors (Lipinski definition) is 3. The average Bonchev–Trinajstić information content (AvgIpc) is 2.61. The van der Waals surface area contributed by atoms with Gasteiger partial charge in [0.05, 0.1) is 11.1 Å². The van der Waals surface area contributed by atoms with E-state index < -0.39 is 0 Å². The molecule has 26 heavy (non-hydrogen) atoms. The largest absolute Gasteiger partial charge is 0.492 e. The second kappa shape index (κ2) is 10.3. The molecule has 4 nitrogen and oxygen atoms in total. The van der Waals surface area contributed by atoms with E-state index in [0.717, 1.165) is 16.6 Å². The summed E-state index contributed by atoms with van der Waals surface area (Å²) >= 11 is 8.64. The third kappa shape index (κ3) is 6.77. The van der Waals surface area contributed by atoms with E-state index in [9.17, 15) is 4.79 Å². The minimum atomic E-state index is -0.252. The van der Waals surface area contributed by atoms with Crippen molar-refractivity contribution in [2.45, 2.75) is 20.3 Å². The van der Waals surface area contributed by atoms with Crippen LogP contribution in [0.25, 0.3) is 0 Å². The summed E-state index contributed by atoms with van der Waals surface area (Å²) in [5, 5.41) is 6.07. The lowest BCUT2D eigenvalue weighted by atomic mass is 10.1. The van der Waals surface area contributed by atoms with Crippen LogP contribution >= 0.6 is 28.1 Å². The average molecular weight is 435 g/mol.